The molecule has 3 N–H and O–H groups in total. The van der Waals surface area contributed by atoms with Gasteiger partial charge in [0.2, 0.25) is 0 Å². The molecule has 1 aromatic heterocycles. The molecule has 1 amide bonds. The van der Waals surface area contributed by atoms with E-state index in [-0.39, 0.29) is 12.0 Å². The Bertz CT molecular complexity index is 655. The summed E-state index contributed by atoms with van der Waals surface area (Å²) in [6, 6.07) is 7.58. The minimum absolute atomic E-state index is 0.0494. The number of nitrogen functional groups attached to an aromatic ring is 1. The van der Waals surface area contributed by atoms with Crippen LogP contribution in [0.25, 0.3) is 10.1 Å². The van der Waals surface area contributed by atoms with E-state index in [1.54, 1.807) is 0 Å². The molecule has 1 aromatic carbocycles. The van der Waals surface area contributed by atoms with Crippen LogP contribution in [-0.4, -0.2) is 50.2 Å². The van der Waals surface area contributed by atoms with Crippen LogP contribution in [0.3, 0.4) is 0 Å². The second-order valence-corrected chi connectivity index (χ2v) is 6.46. The van der Waals surface area contributed by atoms with E-state index in [0.717, 1.165) is 29.8 Å². The Kier molecular flexibility index (Phi) is 4.10. The number of carbonyl (C=O) groups is 1. The molecule has 3 rings (SSSR count). The number of rotatable bonds is 3. The maximum Gasteiger partial charge on any atom is 0.261 e. The van der Waals surface area contributed by atoms with Gasteiger partial charge < -0.3 is 20.7 Å². The van der Waals surface area contributed by atoms with Gasteiger partial charge in [-0.15, -0.1) is 11.3 Å². The number of likely N-dealkylation sites (N-methyl/N-ethyl adjacent to an activating group) is 1. The zero-order valence-electron chi connectivity index (χ0n) is 12.0. The molecular weight excluding hydrogens is 286 g/mol. The number of anilines is 1. The first-order valence-corrected chi connectivity index (χ1v) is 7.81. The number of morpholine rings is 1. The zero-order valence-corrected chi connectivity index (χ0v) is 12.8. The van der Waals surface area contributed by atoms with E-state index in [2.05, 4.69) is 17.3 Å². The van der Waals surface area contributed by atoms with Crippen molar-refractivity contribution in [2.75, 3.05) is 39.0 Å². The molecule has 1 saturated heterocycles. The van der Waals surface area contributed by atoms with Gasteiger partial charge in [-0.05, 0) is 36.7 Å². The number of nitrogens with one attached hydrogen (secondary N) is 1. The first kappa shape index (κ1) is 14.3. The largest absolute Gasteiger partial charge is 0.399 e. The average molecular weight is 305 g/mol. The summed E-state index contributed by atoms with van der Waals surface area (Å²) in [7, 11) is 2.06. The van der Waals surface area contributed by atoms with Gasteiger partial charge in [-0.3, -0.25) is 4.79 Å². The number of thiophene rings is 1. The number of amides is 1. The molecule has 6 heteroatoms. The highest BCUT2D eigenvalue weighted by Gasteiger charge is 2.19. The average Bonchev–Trinajstić information content (AvgIpc) is 2.88. The van der Waals surface area contributed by atoms with Crippen LogP contribution in [0, 0.1) is 0 Å². The van der Waals surface area contributed by atoms with Crippen molar-refractivity contribution in [1.82, 2.24) is 10.2 Å². The van der Waals surface area contributed by atoms with E-state index in [0.29, 0.717) is 17.1 Å². The van der Waals surface area contributed by atoms with Crippen molar-refractivity contribution in [1.29, 1.82) is 0 Å². The maximum absolute atomic E-state index is 12.2. The second-order valence-electron chi connectivity index (χ2n) is 5.37. The summed E-state index contributed by atoms with van der Waals surface area (Å²) in [4.78, 5) is 15.1. The summed E-state index contributed by atoms with van der Waals surface area (Å²) in [5, 5.41) is 3.97. The van der Waals surface area contributed by atoms with Gasteiger partial charge in [0.05, 0.1) is 17.6 Å². The van der Waals surface area contributed by atoms with Crippen LogP contribution in [0.2, 0.25) is 0 Å². The quantitative estimate of drug-likeness (QED) is 0.844. The van der Waals surface area contributed by atoms with Crippen molar-refractivity contribution < 1.29 is 9.53 Å². The molecule has 1 fully saturated rings. The highest BCUT2D eigenvalue weighted by Crippen LogP contribution is 2.27. The Hall–Kier alpha value is -1.63. The Morgan fingerprint density at radius 1 is 1.52 bits per heavy atom. The molecule has 2 aromatic rings. The van der Waals surface area contributed by atoms with E-state index >= 15 is 0 Å². The zero-order chi connectivity index (χ0) is 14.8. The third-order valence-electron chi connectivity index (χ3n) is 3.60. The number of benzene rings is 1. The van der Waals surface area contributed by atoms with Crippen LogP contribution in [0.1, 0.15) is 9.67 Å². The predicted octanol–water partition coefficient (Wildman–Crippen LogP) is 1.54. The molecule has 0 spiro atoms. The maximum atomic E-state index is 12.2. The summed E-state index contributed by atoms with van der Waals surface area (Å²) in [6.07, 6.45) is 0.0673. The molecule has 1 atom stereocenters. The normalized spacial score (nSPS) is 19.8. The molecule has 1 unspecified atom stereocenters. The lowest BCUT2D eigenvalue weighted by Gasteiger charge is -2.30. The summed E-state index contributed by atoms with van der Waals surface area (Å²) in [5.41, 5.74) is 6.48. The summed E-state index contributed by atoms with van der Waals surface area (Å²) in [6.45, 7) is 3.06. The van der Waals surface area contributed by atoms with Crippen LogP contribution in [-0.2, 0) is 4.74 Å². The van der Waals surface area contributed by atoms with Crippen LogP contribution in [0.15, 0.2) is 24.3 Å². The Balaban J connectivity index is 1.63. The Morgan fingerprint density at radius 2 is 2.38 bits per heavy atom. The summed E-state index contributed by atoms with van der Waals surface area (Å²) >= 11 is 1.48. The molecule has 0 aliphatic carbocycles. The number of fused-ring (bicyclic) bond motifs is 1. The highest BCUT2D eigenvalue weighted by atomic mass is 32.1. The van der Waals surface area contributed by atoms with Crippen molar-refractivity contribution in [3.63, 3.8) is 0 Å². The molecule has 0 saturated carbocycles. The second kappa shape index (κ2) is 6.01. The van der Waals surface area contributed by atoms with Gasteiger partial charge in [0.1, 0.15) is 0 Å². The van der Waals surface area contributed by atoms with Crippen molar-refractivity contribution >= 4 is 33.0 Å². The van der Waals surface area contributed by atoms with Gasteiger partial charge in [-0.2, -0.15) is 0 Å². The van der Waals surface area contributed by atoms with Gasteiger partial charge in [-0.25, -0.2) is 0 Å². The number of nitrogens with zero attached hydrogens (tertiary/aromatic N) is 1. The number of hydrogen-bond donors (Lipinski definition) is 2. The third-order valence-corrected chi connectivity index (χ3v) is 4.71. The van der Waals surface area contributed by atoms with Crippen LogP contribution in [0.4, 0.5) is 5.69 Å². The lowest BCUT2D eigenvalue weighted by Crippen LogP contribution is -2.45. The molecular formula is C15H19N3O2S. The van der Waals surface area contributed by atoms with Crippen LogP contribution < -0.4 is 11.1 Å². The van der Waals surface area contributed by atoms with Crippen molar-refractivity contribution in [3.8, 4) is 0 Å². The van der Waals surface area contributed by atoms with Crippen molar-refractivity contribution in [2.24, 2.45) is 0 Å². The van der Waals surface area contributed by atoms with E-state index in [4.69, 9.17) is 10.5 Å². The Labute approximate surface area is 127 Å². The molecule has 1 aliphatic rings. The third kappa shape index (κ3) is 3.34. The topological polar surface area (TPSA) is 67.6 Å². The fraction of sp³-hybridized carbons (Fsp3) is 0.400. The van der Waals surface area contributed by atoms with E-state index < -0.39 is 0 Å². The van der Waals surface area contributed by atoms with E-state index in [1.165, 1.54) is 11.3 Å². The molecule has 21 heavy (non-hydrogen) atoms. The number of hydrogen-bond acceptors (Lipinski definition) is 5. The first-order chi connectivity index (χ1) is 10.1. The number of nitrogens with two attached hydrogens (primary N) is 1. The molecule has 2 heterocycles. The predicted molar refractivity (Wildman–Crippen MR) is 85.8 cm³/mol. The molecule has 112 valence electrons. The molecule has 0 bridgehead atoms. The van der Waals surface area contributed by atoms with Gasteiger partial charge in [-0.1, -0.05) is 0 Å². The minimum Gasteiger partial charge on any atom is -0.399 e. The van der Waals surface area contributed by atoms with Gasteiger partial charge in [0.25, 0.3) is 5.91 Å². The fourth-order valence-corrected chi connectivity index (χ4v) is 3.42. The molecule has 5 nitrogen and oxygen atoms in total. The fourth-order valence-electron chi connectivity index (χ4n) is 2.46. The standard InChI is InChI=1S/C15H19N3O2S/c1-18-4-5-20-12(9-18)8-17-15(19)14-7-10-6-11(16)2-3-13(10)21-14/h2-3,6-7,12H,4-5,8-9,16H2,1H3,(H,17,19). The number of carbonyl (C=O) groups excluding carboxylic acids is 1. The van der Waals surface area contributed by atoms with Crippen LogP contribution in [0.5, 0.6) is 0 Å². The van der Waals surface area contributed by atoms with Crippen LogP contribution >= 0.6 is 11.3 Å². The first-order valence-electron chi connectivity index (χ1n) is 6.99. The Morgan fingerprint density at radius 3 is 3.19 bits per heavy atom. The van der Waals surface area contributed by atoms with Gasteiger partial charge in [0, 0.05) is 30.0 Å². The monoisotopic (exact) mass is 305 g/mol. The van der Waals surface area contributed by atoms with Crippen molar-refractivity contribution in [3.05, 3.63) is 29.1 Å². The SMILES string of the molecule is CN1CCOC(CNC(=O)c2cc3cc(N)ccc3s2)C1. The summed E-state index contributed by atoms with van der Waals surface area (Å²) < 4.78 is 6.71. The highest BCUT2D eigenvalue weighted by molar-refractivity contribution is 7.20. The lowest BCUT2D eigenvalue weighted by molar-refractivity contribution is -0.0174. The van der Waals surface area contributed by atoms with Gasteiger partial charge in [0.15, 0.2) is 0 Å². The smallest absolute Gasteiger partial charge is 0.261 e. The van der Waals surface area contributed by atoms with Crippen molar-refractivity contribution in [2.45, 2.75) is 6.10 Å². The van der Waals surface area contributed by atoms with E-state index in [9.17, 15) is 4.79 Å². The molecule has 1 aliphatic heterocycles. The number of ether oxygens (including phenoxy) is 1. The lowest BCUT2D eigenvalue weighted by atomic mass is 10.2. The van der Waals surface area contributed by atoms with Gasteiger partial charge >= 0.3 is 0 Å². The minimum atomic E-state index is -0.0494. The van der Waals surface area contributed by atoms with E-state index in [1.807, 2.05) is 24.3 Å². The summed E-state index contributed by atoms with van der Waals surface area (Å²) in [5.74, 6) is -0.0494. The molecule has 0 radical (unpaired) electrons.